The summed E-state index contributed by atoms with van der Waals surface area (Å²) in [6, 6.07) is 0.470. The van der Waals surface area contributed by atoms with Gasteiger partial charge in [-0.25, -0.2) is 26.3 Å². The molecule has 0 N–H and O–H groups in total. The molecule has 0 aromatic heterocycles. The number of hydrogen-bond acceptors (Lipinski definition) is 0. The average Bonchev–Trinajstić information content (AvgIpc) is 2.22. The van der Waals surface area contributed by atoms with Crippen molar-refractivity contribution in [2.75, 3.05) is 0 Å². The van der Waals surface area contributed by atoms with Crippen LogP contribution < -0.4 is 0 Å². The van der Waals surface area contributed by atoms with Gasteiger partial charge in [0.05, 0.1) is 0 Å². The van der Waals surface area contributed by atoms with E-state index in [9.17, 15) is 26.3 Å². The fourth-order valence-corrected chi connectivity index (χ4v) is 1.90. The maximum atomic E-state index is 13.9. The van der Waals surface area contributed by atoms with Crippen molar-refractivity contribution in [1.29, 1.82) is 0 Å². The van der Waals surface area contributed by atoms with Crippen LogP contribution in [0, 0.1) is 17.5 Å². The van der Waals surface area contributed by atoms with Crippen molar-refractivity contribution < 1.29 is 26.3 Å². The molecule has 17 heavy (non-hydrogen) atoms. The van der Waals surface area contributed by atoms with Gasteiger partial charge in [0, 0.05) is 12.0 Å². The third kappa shape index (κ3) is 1.54. The second-order valence-corrected chi connectivity index (χ2v) is 3.92. The molecule has 1 unspecified atom stereocenters. The van der Waals surface area contributed by atoms with Crippen molar-refractivity contribution in [2.45, 2.75) is 19.0 Å². The van der Waals surface area contributed by atoms with E-state index >= 15 is 0 Å². The van der Waals surface area contributed by atoms with Crippen LogP contribution >= 0.6 is 0 Å². The summed E-state index contributed by atoms with van der Waals surface area (Å²) in [5.41, 5.74) is -4.56. The van der Waals surface area contributed by atoms with Crippen LogP contribution in [-0.2, 0) is 12.1 Å². The summed E-state index contributed by atoms with van der Waals surface area (Å²) >= 11 is 0. The molecule has 1 aliphatic rings. The minimum Gasteiger partial charge on any atom is -0.231 e. The Hall–Kier alpha value is -1.46. The van der Waals surface area contributed by atoms with Crippen LogP contribution in [-0.4, -0.2) is 0 Å². The van der Waals surface area contributed by atoms with E-state index in [1.54, 1.807) is 0 Å². The minimum absolute atomic E-state index is 0.440. The van der Waals surface area contributed by atoms with E-state index in [0.717, 1.165) is 0 Å². The number of halogens is 6. The molecule has 0 amide bonds. The monoisotopic (exact) mass is 252 g/mol. The average molecular weight is 252 g/mol. The Morgan fingerprint density at radius 3 is 2.24 bits per heavy atom. The van der Waals surface area contributed by atoms with Crippen molar-refractivity contribution in [3.8, 4) is 0 Å². The van der Waals surface area contributed by atoms with Crippen LogP contribution in [0.3, 0.4) is 0 Å². The van der Waals surface area contributed by atoms with Crippen molar-refractivity contribution in [3.05, 3.63) is 46.3 Å². The summed E-state index contributed by atoms with van der Waals surface area (Å²) < 4.78 is 79.3. The quantitative estimate of drug-likeness (QED) is 0.483. The number of fused-ring (bicyclic) bond motifs is 1. The highest BCUT2D eigenvalue weighted by molar-refractivity contribution is 5.45. The molecular formula is C11H6F6. The molecule has 0 saturated heterocycles. The molecule has 0 radical (unpaired) electrons. The van der Waals surface area contributed by atoms with Gasteiger partial charge in [0.2, 0.25) is 0 Å². The Balaban J connectivity index is 2.79. The van der Waals surface area contributed by atoms with Gasteiger partial charge in [-0.2, -0.15) is 0 Å². The van der Waals surface area contributed by atoms with E-state index in [0.29, 0.717) is 13.0 Å². The maximum absolute atomic E-state index is 13.9. The lowest BCUT2D eigenvalue weighted by atomic mass is 9.84. The summed E-state index contributed by atoms with van der Waals surface area (Å²) in [6.07, 6.45) is -0.797. The smallest absolute Gasteiger partial charge is 0.194 e. The van der Waals surface area contributed by atoms with Crippen molar-refractivity contribution in [3.63, 3.8) is 0 Å². The number of alkyl halides is 1. The normalized spacial score (nSPS) is 23.9. The molecule has 6 heteroatoms. The van der Waals surface area contributed by atoms with Gasteiger partial charge in [-0.05, 0) is 18.6 Å². The molecule has 1 aromatic rings. The van der Waals surface area contributed by atoms with Gasteiger partial charge in [0.15, 0.2) is 28.9 Å². The lowest BCUT2D eigenvalue weighted by Crippen LogP contribution is -2.26. The fourth-order valence-electron chi connectivity index (χ4n) is 1.90. The third-order valence-electron chi connectivity index (χ3n) is 2.71. The van der Waals surface area contributed by atoms with E-state index < -0.39 is 52.3 Å². The molecule has 0 fully saturated rings. The van der Waals surface area contributed by atoms with E-state index in [2.05, 4.69) is 0 Å². The Labute approximate surface area is 92.6 Å². The van der Waals surface area contributed by atoms with E-state index in [1.807, 2.05) is 0 Å². The Kier molecular flexibility index (Phi) is 2.48. The van der Waals surface area contributed by atoms with Crippen molar-refractivity contribution in [2.24, 2.45) is 0 Å². The second-order valence-electron chi connectivity index (χ2n) is 3.92. The molecule has 1 aliphatic carbocycles. The first-order valence-corrected chi connectivity index (χ1v) is 4.67. The van der Waals surface area contributed by atoms with Crippen LogP contribution in [0.15, 0.2) is 17.7 Å². The molecule has 1 atom stereocenters. The Morgan fingerprint density at radius 1 is 1.06 bits per heavy atom. The van der Waals surface area contributed by atoms with Crippen LogP contribution in [0.4, 0.5) is 26.3 Å². The second kappa shape index (κ2) is 3.51. The molecule has 0 heterocycles. The van der Waals surface area contributed by atoms with Gasteiger partial charge >= 0.3 is 0 Å². The van der Waals surface area contributed by atoms with Gasteiger partial charge in [-0.15, -0.1) is 0 Å². The topological polar surface area (TPSA) is 0 Å². The van der Waals surface area contributed by atoms with Crippen molar-refractivity contribution in [1.82, 2.24) is 0 Å². The third-order valence-corrected chi connectivity index (χ3v) is 2.71. The zero-order valence-electron chi connectivity index (χ0n) is 8.55. The lowest BCUT2D eigenvalue weighted by molar-refractivity contribution is 0.175. The van der Waals surface area contributed by atoms with Crippen LogP contribution in [0.1, 0.15) is 18.1 Å². The highest BCUT2D eigenvalue weighted by Crippen LogP contribution is 2.45. The summed E-state index contributed by atoms with van der Waals surface area (Å²) in [5.74, 6) is -8.55. The van der Waals surface area contributed by atoms with Gasteiger partial charge in [-0.1, -0.05) is 0 Å². The SMILES string of the molecule is CC1(F)C(F)=C(F)Cc2cc(F)c(F)c(F)c21. The standard InChI is InChI=1S/C11H6F6/c1-11(17)7-4(3-6(13)10(11)16)2-5(12)8(14)9(7)15/h2H,3H2,1H3. The Morgan fingerprint density at radius 2 is 1.65 bits per heavy atom. The van der Waals surface area contributed by atoms with Crippen molar-refractivity contribution >= 4 is 0 Å². The molecule has 92 valence electrons. The summed E-state index contributed by atoms with van der Waals surface area (Å²) in [5, 5.41) is 0. The Bertz CT molecular complexity index is 529. The fraction of sp³-hybridized carbons (Fsp3) is 0.273. The lowest BCUT2D eigenvalue weighted by Gasteiger charge is -2.27. The first-order chi connectivity index (χ1) is 7.76. The zero-order chi connectivity index (χ0) is 13.0. The highest BCUT2D eigenvalue weighted by atomic mass is 19.2. The van der Waals surface area contributed by atoms with Gasteiger partial charge in [0.25, 0.3) is 0 Å². The molecule has 0 aliphatic heterocycles. The van der Waals surface area contributed by atoms with Crippen LogP contribution in [0.2, 0.25) is 0 Å². The van der Waals surface area contributed by atoms with E-state index in [4.69, 9.17) is 0 Å². The molecule has 2 rings (SSSR count). The maximum Gasteiger partial charge on any atom is 0.194 e. The molecule has 0 saturated carbocycles. The molecular weight excluding hydrogens is 246 g/mol. The van der Waals surface area contributed by atoms with Gasteiger partial charge < -0.3 is 0 Å². The highest BCUT2D eigenvalue weighted by Gasteiger charge is 2.44. The molecule has 0 nitrogen and oxygen atoms in total. The number of benzene rings is 1. The van der Waals surface area contributed by atoms with Crippen LogP contribution in [0.5, 0.6) is 0 Å². The molecule has 0 bridgehead atoms. The first kappa shape index (κ1) is 12.0. The summed E-state index contributed by atoms with van der Waals surface area (Å²) in [4.78, 5) is 0. The van der Waals surface area contributed by atoms with Gasteiger partial charge in [-0.3, -0.25) is 0 Å². The zero-order valence-corrected chi connectivity index (χ0v) is 8.55. The number of rotatable bonds is 0. The molecule has 0 spiro atoms. The van der Waals surface area contributed by atoms with Gasteiger partial charge in [0.1, 0.15) is 5.83 Å². The largest absolute Gasteiger partial charge is 0.231 e. The summed E-state index contributed by atoms with van der Waals surface area (Å²) in [7, 11) is 0. The van der Waals surface area contributed by atoms with Crippen LogP contribution in [0.25, 0.3) is 0 Å². The predicted molar refractivity (Wildman–Crippen MR) is 47.7 cm³/mol. The summed E-state index contributed by atoms with van der Waals surface area (Å²) in [6.45, 7) is 0.556. The minimum atomic E-state index is -3.13. The van der Waals surface area contributed by atoms with E-state index in [1.165, 1.54) is 0 Å². The first-order valence-electron chi connectivity index (χ1n) is 4.67. The molecule has 1 aromatic carbocycles. The van der Waals surface area contributed by atoms with E-state index in [-0.39, 0.29) is 0 Å². The number of hydrogen-bond donors (Lipinski definition) is 0. The predicted octanol–water partition coefficient (Wildman–Crippen LogP) is 4.00. The number of allylic oxidation sites excluding steroid dienone is 2.